The Hall–Kier alpha value is -1.06. The van der Waals surface area contributed by atoms with Crippen molar-refractivity contribution < 1.29 is 9.59 Å². The average molecular weight is 294 g/mol. The SMILES string of the molecule is CC(C)(C)[C@@H]1CCC[C@@H](NC(=O)[C@H]2CCC(=O)NC2)CC1. The molecule has 0 radical (unpaired) electrons. The molecule has 4 nitrogen and oxygen atoms in total. The van der Waals surface area contributed by atoms with Crippen LogP contribution in [0.15, 0.2) is 0 Å². The van der Waals surface area contributed by atoms with Crippen molar-refractivity contribution in [3.05, 3.63) is 0 Å². The zero-order valence-electron chi connectivity index (χ0n) is 13.7. The Morgan fingerprint density at radius 2 is 1.90 bits per heavy atom. The van der Waals surface area contributed by atoms with Crippen LogP contribution in [0.2, 0.25) is 0 Å². The van der Waals surface area contributed by atoms with E-state index in [2.05, 4.69) is 31.4 Å². The summed E-state index contributed by atoms with van der Waals surface area (Å²) >= 11 is 0. The molecule has 2 aliphatic rings. The fourth-order valence-electron chi connectivity index (χ4n) is 3.59. The molecule has 1 aliphatic carbocycles. The largest absolute Gasteiger partial charge is 0.355 e. The van der Waals surface area contributed by atoms with Gasteiger partial charge in [0.05, 0.1) is 5.92 Å². The third-order valence-electron chi connectivity index (χ3n) is 5.18. The minimum Gasteiger partial charge on any atom is -0.355 e. The molecule has 4 heteroatoms. The summed E-state index contributed by atoms with van der Waals surface area (Å²) in [6.45, 7) is 7.46. The molecule has 0 unspecified atom stereocenters. The Bertz CT molecular complexity index is 377. The van der Waals surface area contributed by atoms with Crippen LogP contribution in [-0.2, 0) is 9.59 Å². The lowest BCUT2D eigenvalue weighted by atomic mass is 9.76. The maximum absolute atomic E-state index is 12.3. The van der Waals surface area contributed by atoms with Crippen LogP contribution >= 0.6 is 0 Å². The van der Waals surface area contributed by atoms with E-state index in [4.69, 9.17) is 0 Å². The second-order valence-corrected chi connectivity index (χ2v) is 7.82. The van der Waals surface area contributed by atoms with Crippen LogP contribution < -0.4 is 10.6 Å². The summed E-state index contributed by atoms with van der Waals surface area (Å²) in [7, 11) is 0. The van der Waals surface area contributed by atoms with Crippen LogP contribution in [0.3, 0.4) is 0 Å². The zero-order valence-corrected chi connectivity index (χ0v) is 13.7. The predicted molar refractivity (Wildman–Crippen MR) is 83.7 cm³/mol. The molecule has 1 heterocycles. The number of carbonyl (C=O) groups excluding carboxylic acids is 2. The standard InChI is InChI=1S/C17H30N2O2/c1-17(2,3)13-5-4-6-14(9-8-13)19-16(21)12-7-10-15(20)18-11-12/h12-14H,4-11H2,1-3H3,(H,18,20)(H,19,21)/t12-,13+,14+/m0/s1. The van der Waals surface area contributed by atoms with Gasteiger partial charge in [-0.2, -0.15) is 0 Å². The first-order chi connectivity index (χ1) is 9.86. The molecule has 3 atom stereocenters. The number of carbonyl (C=O) groups is 2. The highest BCUT2D eigenvalue weighted by atomic mass is 16.2. The van der Waals surface area contributed by atoms with Gasteiger partial charge in [0.25, 0.3) is 0 Å². The van der Waals surface area contributed by atoms with Crippen molar-refractivity contribution in [3.63, 3.8) is 0 Å². The van der Waals surface area contributed by atoms with Crippen molar-refractivity contribution in [3.8, 4) is 0 Å². The summed E-state index contributed by atoms with van der Waals surface area (Å²) in [5, 5.41) is 6.01. The fourth-order valence-corrected chi connectivity index (χ4v) is 3.59. The monoisotopic (exact) mass is 294 g/mol. The molecule has 2 N–H and O–H groups in total. The van der Waals surface area contributed by atoms with E-state index < -0.39 is 0 Å². The summed E-state index contributed by atoms with van der Waals surface area (Å²) in [6.07, 6.45) is 7.04. The first-order valence-corrected chi connectivity index (χ1v) is 8.43. The van der Waals surface area contributed by atoms with Gasteiger partial charge in [-0.05, 0) is 43.4 Å². The highest BCUT2D eigenvalue weighted by molar-refractivity contribution is 5.83. The number of rotatable bonds is 2. The van der Waals surface area contributed by atoms with Crippen LogP contribution in [0.5, 0.6) is 0 Å². The summed E-state index contributed by atoms with van der Waals surface area (Å²) < 4.78 is 0. The lowest BCUT2D eigenvalue weighted by molar-refractivity contribution is -0.129. The molecule has 0 bridgehead atoms. The quantitative estimate of drug-likeness (QED) is 0.769. The molecule has 120 valence electrons. The molecule has 2 rings (SSSR count). The van der Waals surface area contributed by atoms with Crippen molar-refractivity contribution in [1.29, 1.82) is 0 Å². The van der Waals surface area contributed by atoms with E-state index in [1.807, 2.05) is 0 Å². The topological polar surface area (TPSA) is 58.2 Å². The number of hydrogen-bond acceptors (Lipinski definition) is 2. The summed E-state index contributed by atoms with van der Waals surface area (Å²) in [5.41, 5.74) is 0.368. The lowest BCUT2D eigenvalue weighted by Crippen LogP contribution is -2.45. The van der Waals surface area contributed by atoms with Crippen LogP contribution in [0.1, 0.15) is 65.7 Å². The highest BCUT2D eigenvalue weighted by Crippen LogP contribution is 2.36. The second kappa shape index (κ2) is 6.80. The summed E-state index contributed by atoms with van der Waals surface area (Å²) in [4.78, 5) is 23.5. The zero-order chi connectivity index (χ0) is 15.5. The van der Waals surface area contributed by atoms with Gasteiger partial charge in [-0.15, -0.1) is 0 Å². The van der Waals surface area contributed by atoms with Crippen molar-refractivity contribution in [2.75, 3.05) is 6.54 Å². The molecule has 2 fully saturated rings. The van der Waals surface area contributed by atoms with E-state index in [-0.39, 0.29) is 17.7 Å². The molecule has 0 aromatic carbocycles. The Labute approximate surface area is 128 Å². The van der Waals surface area contributed by atoms with E-state index >= 15 is 0 Å². The molecule has 1 aliphatic heterocycles. The maximum atomic E-state index is 12.3. The molecular weight excluding hydrogens is 264 g/mol. The molecule has 1 saturated carbocycles. The van der Waals surface area contributed by atoms with Crippen LogP contribution in [0, 0.1) is 17.3 Å². The summed E-state index contributed by atoms with van der Waals surface area (Å²) in [5.74, 6) is 0.925. The third-order valence-corrected chi connectivity index (χ3v) is 5.18. The van der Waals surface area contributed by atoms with E-state index in [0.717, 1.165) is 18.8 Å². The van der Waals surface area contributed by atoms with E-state index in [1.54, 1.807) is 0 Å². The summed E-state index contributed by atoms with van der Waals surface area (Å²) in [6, 6.07) is 0.322. The number of nitrogens with one attached hydrogen (secondary N) is 2. The molecule has 0 aromatic rings. The first kappa shape index (κ1) is 16.3. The minimum atomic E-state index is -0.0376. The van der Waals surface area contributed by atoms with E-state index in [0.29, 0.717) is 30.8 Å². The van der Waals surface area contributed by atoms with Gasteiger partial charge in [0.15, 0.2) is 0 Å². The maximum Gasteiger partial charge on any atom is 0.225 e. The molecular formula is C17H30N2O2. The Balaban J connectivity index is 1.80. The van der Waals surface area contributed by atoms with E-state index in [9.17, 15) is 9.59 Å². The van der Waals surface area contributed by atoms with Gasteiger partial charge < -0.3 is 10.6 Å². The van der Waals surface area contributed by atoms with Gasteiger partial charge in [-0.3, -0.25) is 9.59 Å². The molecule has 1 saturated heterocycles. The minimum absolute atomic E-state index is 0.0376. The smallest absolute Gasteiger partial charge is 0.225 e. The third kappa shape index (κ3) is 4.72. The van der Waals surface area contributed by atoms with Gasteiger partial charge in [0.2, 0.25) is 11.8 Å². The fraction of sp³-hybridized carbons (Fsp3) is 0.882. The van der Waals surface area contributed by atoms with Gasteiger partial charge in [-0.25, -0.2) is 0 Å². The van der Waals surface area contributed by atoms with Crippen molar-refractivity contribution in [1.82, 2.24) is 10.6 Å². The number of amides is 2. The first-order valence-electron chi connectivity index (χ1n) is 8.43. The van der Waals surface area contributed by atoms with Crippen molar-refractivity contribution in [2.24, 2.45) is 17.3 Å². The van der Waals surface area contributed by atoms with Crippen molar-refractivity contribution >= 4 is 11.8 Å². The number of hydrogen-bond donors (Lipinski definition) is 2. The number of piperidine rings is 1. The Kier molecular flexibility index (Phi) is 5.28. The van der Waals surface area contributed by atoms with Crippen LogP contribution in [0.4, 0.5) is 0 Å². The van der Waals surface area contributed by atoms with Crippen LogP contribution in [0.25, 0.3) is 0 Å². The van der Waals surface area contributed by atoms with Gasteiger partial charge in [-0.1, -0.05) is 27.2 Å². The Morgan fingerprint density at radius 1 is 1.14 bits per heavy atom. The Morgan fingerprint density at radius 3 is 2.52 bits per heavy atom. The van der Waals surface area contributed by atoms with Crippen LogP contribution in [-0.4, -0.2) is 24.4 Å². The molecule has 2 amide bonds. The predicted octanol–water partition coefficient (Wildman–Crippen LogP) is 2.62. The average Bonchev–Trinajstić information content (AvgIpc) is 2.64. The van der Waals surface area contributed by atoms with Crippen molar-refractivity contribution in [2.45, 2.75) is 71.8 Å². The lowest BCUT2D eigenvalue weighted by Gasteiger charge is -2.30. The van der Waals surface area contributed by atoms with Gasteiger partial charge in [0.1, 0.15) is 0 Å². The van der Waals surface area contributed by atoms with Gasteiger partial charge >= 0.3 is 0 Å². The van der Waals surface area contributed by atoms with E-state index in [1.165, 1.54) is 19.3 Å². The normalized spacial score (nSPS) is 31.2. The molecule has 21 heavy (non-hydrogen) atoms. The molecule has 0 spiro atoms. The molecule has 0 aromatic heterocycles. The van der Waals surface area contributed by atoms with Gasteiger partial charge in [0, 0.05) is 19.0 Å². The highest BCUT2D eigenvalue weighted by Gasteiger charge is 2.30. The second-order valence-electron chi connectivity index (χ2n) is 7.82.